The number of carbonyl (C=O) groups is 3. The smallest absolute Gasteiger partial charge is 0.305 e. The third-order valence-electron chi connectivity index (χ3n) is 2.76. The van der Waals surface area contributed by atoms with E-state index >= 15 is 0 Å². The molecule has 0 saturated heterocycles. The third kappa shape index (κ3) is 6.94. The molecular formula is C15H18O5S. The maximum atomic E-state index is 11.7. The van der Waals surface area contributed by atoms with Crippen LogP contribution in [0.1, 0.15) is 36.0 Å². The Hall–Kier alpha value is -1.82. The number of benzene rings is 1. The number of rotatable bonds is 9. The molecule has 0 heterocycles. The van der Waals surface area contributed by atoms with Crippen LogP contribution >= 0.6 is 11.8 Å². The van der Waals surface area contributed by atoms with Gasteiger partial charge in [-0.3, -0.25) is 14.4 Å². The number of methoxy groups -OCH3 is 1. The number of esters is 1. The predicted molar refractivity (Wildman–Crippen MR) is 79.6 cm³/mol. The Morgan fingerprint density at radius 1 is 1.10 bits per heavy atom. The van der Waals surface area contributed by atoms with Crippen LogP contribution in [0.4, 0.5) is 0 Å². The van der Waals surface area contributed by atoms with Crippen molar-refractivity contribution in [3.05, 3.63) is 29.8 Å². The van der Waals surface area contributed by atoms with Gasteiger partial charge in [-0.25, -0.2) is 0 Å². The van der Waals surface area contributed by atoms with E-state index in [0.717, 1.165) is 17.1 Å². The minimum Gasteiger partial charge on any atom is -0.481 e. The van der Waals surface area contributed by atoms with Crippen molar-refractivity contribution in [2.45, 2.75) is 30.6 Å². The van der Waals surface area contributed by atoms with Gasteiger partial charge in [-0.2, -0.15) is 0 Å². The normalized spacial score (nSPS) is 10.1. The van der Waals surface area contributed by atoms with E-state index in [4.69, 9.17) is 5.11 Å². The largest absolute Gasteiger partial charge is 0.481 e. The lowest BCUT2D eigenvalue weighted by molar-refractivity contribution is -0.140. The number of thioether (sulfide) groups is 1. The molecule has 5 nitrogen and oxygen atoms in total. The molecule has 0 amide bonds. The van der Waals surface area contributed by atoms with E-state index in [0.29, 0.717) is 12.0 Å². The van der Waals surface area contributed by atoms with Crippen molar-refractivity contribution in [1.82, 2.24) is 0 Å². The molecule has 0 aliphatic carbocycles. The van der Waals surface area contributed by atoms with Crippen molar-refractivity contribution in [2.24, 2.45) is 0 Å². The highest BCUT2D eigenvalue weighted by molar-refractivity contribution is 7.99. The number of carboxylic acid groups (broad SMARTS) is 1. The van der Waals surface area contributed by atoms with Crippen LogP contribution < -0.4 is 0 Å². The van der Waals surface area contributed by atoms with E-state index in [1.54, 1.807) is 23.9 Å². The maximum Gasteiger partial charge on any atom is 0.305 e. The van der Waals surface area contributed by atoms with Gasteiger partial charge in [-0.05, 0) is 24.3 Å². The van der Waals surface area contributed by atoms with Gasteiger partial charge in [0.25, 0.3) is 0 Å². The molecule has 0 radical (unpaired) electrons. The van der Waals surface area contributed by atoms with Gasteiger partial charge in [-0.15, -0.1) is 11.8 Å². The van der Waals surface area contributed by atoms with E-state index < -0.39 is 5.97 Å². The zero-order valence-electron chi connectivity index (χ0n) is 11.8. The average Bonchev–Trinajstić information content (AvgIpc) is 2.49. The summed E-state index contributed by atoms with van der Waals surface area (Å²) in [6.45, 7) is 0. The Labute approximate surface area is 127 Å². The van der Waals surface area contributed by atoms with Gasteiger partial charge < -0.3 is 9.84 Å². The Bertz CT molecular complexity index is 495. The van der Waals surface area contributed by atoms with Crippen LogP contribution in [0.3, 0.4) is 0 Å². The first-order valence-corrected chi connectivity index (χ1v) is 7.56. The summed E-state index contributed by atoms with van der Waals surface area (Å²) in [6.07, 6.45) is 0.996. The van der Waals surface area contributed by atoms with Gasteiger partial charge in [0.1, 0.15) is 0 Å². The number of Topliss-reactive ketones (excluding diaryl/α,β-unsaturated/α-hetero) is 1. The molecule has 1 rings (SSSR count). The van der Waals surface area contributed by atoms with Gasteiger partial charge in [0.2, 0.25) is 0 Å². The summed E-state index contributed by atoms with van der Waals surface area (Å²) >= 11 is 1.60. The molecule has 1 aromatic carbocycles. The van der Waals surface area contributed by atoms with Gasteiger partial charge in [0.15, 0.2) is 5.78 Å². The zero-order chi connectivity index (χ0) is 15.7. The lowest BCUT2D eigenvalue weighted by atomic mass is 10.1. The van der Waals surface area contributed by atoms with Crippen molar-refractivity contribution in [3.63, 3.8) is 0 Å². The van der Waals surface area contributed by atoms with Gasteiger partial charge in [0, 0.05) is 23.3 Å². The van der Waals surface area contributed by atoms with Crippen molar-refractivity contribution in [3.8, 4) is 0 Å². The first kappa shape index (κ1) is 17.2. The molecule has 0 saturated carbocycles. The molecule has 21 heavy (non-hydrogen) atoms. The summed E-state index contributed by atoms with van der Waals surface area (Å²) in [5, 5.41) is 8.54. The van der Waals surface area contributed by atoms with E-state index in [1.165, 1.54) is 7.11 Å². The van der Waals surface area contributed by atoms with E-state index in [1.807, 2.05) is 12.1 Å². The quantitative estimate of drug-likeness (QED) is 0.327. The monoisotopic (exact) mass is 310 g/mol. The summed E-state index contributed by atoms with van der Waals surface area (Å²) in [5.74, 6) is -0.558. The molecule has 6 heteroatoms. The Morgan fingerprint density at radius 3 is 2.33 bits per heavy atom. The summed E-state index contributed by atoms with van der Waals surface area (Å²) < 4.78 is 4.56. The summed E-state index contributed by atoms with van der Waals surface area (Å²) in [7, 11) is 1.37. The molecule has 0 atom stereocenters. The molecular weight excluding hydrogens is 292 g/mol. The highest BCUT2D eigenvalue weighted by Crippen LogP contribution is 2.20. The number of ketones is 1. The number of ether oxygens (including phenoxy) is 1. The van der Waals surface area contributed by atoms with E-state index in [-0.39, 0.29) is 24.6 Å². The molecule has 0 bridgehead atoms. The van der Waals surface area contributed by atoms with Crippen molar-refractivity contribution in [2.75, 3.05) is 12.9 Å². The molecule has 0 aliphatic rings. The molecule has 1 aromatic rings. The van der Waals surface area contributed by atoms with Gasteiger partial charge in [0.05, 0.1) is 13.5 Å². The topological polar surface area (TPSA) is 80.7 Å². The fraction of sp³-hybridized carbons (Fsp3) is 0.400. The predicted octanol–water partition coefficient (Wildman–Crippen LogP) is 2.78. The van der Waals surface area contributed by atoms with Crippen molar-refractivity contribution >= 4 is 29.5 Å². The summed E-state index contributed by atoms with van der Waals surface area (Å²) in [5.41, 5.74) is 0.523. The SMILES string of the molecule is COC(=O)CCCSc1ccc(C(=O)CCC(=O)O)cc1. The fourth-order valence-electron chi connectivity index (χ4n) is 1.61. The van der Waals surface area contributed by atoms with E-state index in [2.05, 4.69) is 4.74 Å². The third-order valence-corrected chi connectivity index (χ3v) is 3.86. The lowest BCUT2D eigenvalue weighted by Crippen LogP contribution is -2.03. The number of carbonyl (C=O) groups excluding carboxylic acids is 2. The standard InChI is InChI=1S/C15H18O5S/c1-20-15(19)3-2-10-21-12-6-4-11(5-7-12)13(16)8-9-14(17)18/h4-7H,2-3,8-10H2,1H3,(H,17,18). The highest BCUT2D eigenvalue weighted by atomic mass is 32.2. The lowest BCUT2D eigenvalue weighted by Gasteiger charge is -2.03. The first-order valence-electron chi connectivity index (χ1n) is 6.57. The molecule has 0 aliphatic heterocycles. The van der Waals surface area contributed by atoms with Crippen molar-refractivity contribution < 1.29 is 24.2 Å². The van der Waals surface area contributed by atoms with Crippen LogP contribution in [0.5, 0.6) is 0 Å². The minimum absolute atomic E-state index is 0.0148. The zero-order valence-corrected chi connectivity index (χ0v) is 12.6. The molecule has 0 fully saturated rings. The van der Waals surface area contributed by atoms with Crippen molar-refractivity contribution in [1.29, 1.82) is 0 Å². The molecule has 1 N–H and O–H groups in total. The Morgan fingerprint density at radius 2 is 1.76 bits per heavy atom. The molecule has 0 unspecified atom stereocenters. The van der Waals surface area contributed by atoms with Crippen LogP contribution in [0.25, 0.3) is 0 Å². The average molecular weight is 310 g/mol. The van der Waals surface area contributed by atoms with Crippen LogP contribution in [-0.2, 0) is 14.3 Å². The van der Waals surface area contributed by atoms with Crippen LogP contribution in [0.15, 0.2) is 29.2 Å². The second-order valence-electron chi connectivity index (χ2n) is 4.37. The highest BCUT2D eigenvalue weighted by Gasteiger charge is 2.08. The second kappa shape index (κ2) is 9.18. The minimum atomic E-state index is -0.971. The summed E-state index contributed by atoms with van der Waals surface area (Å²) in [6, 6.07) is 7.06. The second-order valence-corrected chi connectivity index (χ2v) is 5.54. The van der Waals surface area contributed by atoms with E-state index in [9.17, 15) is 14.4 Å². The molecule has 0 aromatic heterocycles. The summed E-state index contributed by atoms with van der Waals surface area (Å²) in [4.78, 5) is 34.1. The number of carboxylic acids is 1. The van der Waals surface area contributed by atoms with Crippen LogP contribution in [0, 0.1) is 0 Å². The number of hydrogen-bond donors (Lipinski definition) is 1. The van der Waals surface area contributed by atoms with Crippen LogP contribution in [0.2, 0.25) is 0 Å². The molecule has 0 spiro atoms. The fourth-order valence-corrected chi connectivity index (χ4v) is 2.46. The Kier molecular flexibility index (Phi) is 7.53. The first-order chi connectivity index (χ1) is 10.0. The maximum absolute atomic E-state index is 11.7. The number of aliphatic carboxylic acids is 1. The van der Waals surface area contributed by atoms with Gasteiger partial charge >= 0.3 is 11.9 Å². The molecule has 114 valence electrons. The Balaban J connectivity index is 2.38. The number of hydrogen-bond acceptors (Lipinski definition) is 5. The van der Waals surface area contributed by atoms with Crippen LogP contribution in [-0.4, -0.2) is 35.7 Å². The van der Waals surface area contributed by atoms with Gasteiger partial charge in [-0.1, -0.05) is 12.1 Å².